The van der Waals surface area contributed by atoms with Crippen LogP contribution in [0, 0.1) is 0 Å². The molecule has 1 fully saturated rings. The van der Waals surface area contributed by atoms with Gasteiger partial charge in [0.15, 0.2) is 0 Å². The fourth-order valence-corrected chi connectivity index (χ4v) is 1.74. The van der Waals surface area contributed by atoms with Crippen molar-refractivity contribution in [3.8, 4) is 0 Å². The van der Waals surface area contributed by atoms with Crippen LogP contribution in [0.2, 0.25) is 0 Å². The van der Waals surface area contributed by atoms with Crippen LogP contribution in [0.4, 0.5) is 0 Å². The van der Waals surface area contributed by atoms with Gasteiger partial charge in [-0.15, -0.1) is 0 Å². The van der Waals surface area contributed by atoms with E-state index in [9.17, 15) is 4.79 Å². The summed E-state index contributed by atoms with van der Waals surface area (Å²) in [6.45, 7) is 1.92. The molecule has 0 aliphatic carbocycles. The first-order valence-corrected chi connectivity index (χ1v) is 5.28. The number of rotatable bonds is 2. The topological polar surface area (TPSA) is 54.0 Å². The van der Waals surface area contributed by atoms with Crippen molar-refractivity contribution in [1.82, 2.24) is 15.6 Å². The van der Waals surface area contributed by atoms with E-state index in [2.05, 4.69) is 15.6 Å². The molecule has 4 heteroatoms. The van der Waals surface area contributed by atoms with Crippen LogP contribution in [-0.2, 0) is 0 Å². The quantitative estimate of drug-likeness (QED) is 0.742. The molecule has 1 amide bonds. The summed E-state index contributed by atoms with van der Waals surface area (Å²) in [4.78, 5) is 15.7. The Kier molecular flexibility index (Phi) is 3.29. The third-order valence-corrected chi connectivity index (χ3v) is 2.56. The lowest BCUT2D eigenvalue weighted by Crippen LogP contribution is -2.45. The number of aromatic nitrogens is 1. The van der Waals surface area contributed by atoms with Crippen molar-refractivity contribution in [3.63, 3.8) is 0 Å². The standard InChI is InChI=1S/C11H15N3O/c15-11(9-3-1-5-12-7-9)14-10-4-2-6-13-8-10/h1,3,5,7,10,13H,2,4,6,8H2,(H,14,15)/t10-/m1/s1. The van der Waals surface area contributed by atoms with E-state index < -0.39 is 0 Å². The molecule has 0 bridgehead atoms. The van der Waals surface area contributed by atoms with Gasteiger partial charge < -0.3 is 10.6 Å². The highest BCUT2D eigenvalue weighted by Gasteiger charge is 2.15. The zero-order valence-electron chi connectivity index (χ0n) is 8.57. The highest BCUT2D eigenvalue weighted by atomic mass is 16.1. The average Bonchev–Trinajstić information content (AvgIpc) is 2.31. The molecule has 0 aromatic carbocycles. The Bertz CT molecular complexity index is 320. The lowest BCUT2D eigenvalue weighted by Gasteiger charge is -2.23. The molecule has 4 nitrogen and oxygen atoms in total. The van der Waals surface area contributed by atoms with Crippen molar-refractivity contribution >= 4 is 5.91 Å². The summed E-state index contributed by atoms with van der Waals surface area (Å²) in [7, 11) is 0. The number of nitrogens with zero attached hydrogens (tertiary/aromatic N) is 1. The maximum Gasteiger partial charge on any atom is 0.253 e. The first-order valence-electron chi connectivity index (χ1n) is 5.28. The van der Waals surface area contributed by atoms with Gasteiger partial charge in [0.25, 0.3) is 5.91 Å². The largest absolute Gasteiger partial charge is 0.348 e. The Balaban J connectivity index is 1.91. The third-order valence-electron chi connectivity index (χ3n) is 2.56. The minimum atomic E-state index is -0.0307. The van der Waals surface area contributed by atoms with Crippen LogP contribution < -0.4 is 10.6 Å². The average molecular weight is 205 g/mol. The molecule has 15 heavy (non-hydrogen) atoms. The minimum absolute atomic E-state index is 0.0307. The summed E-state index contributed by atoms with van der Waals surface area (Å²) in [6.07, 6.45) is 5.43. The summed E-state index contributed by atoms with van der Waals surface area (Å²) in [6, 6.07) is 3.80. The molecule has 0 unspecified atom stereocenters. The van der Waals surface area contributed by atoms with E-state index >= 15 is 0 Å². The maximum absolute atomic E-state index is 11.7. The monoisotopic (exact) mass is 205 g/mol. The van der Waals surface area contributed by atoms with Crippen LogP contribution in [-0.4, -0.2) is 30.0 Å². The molecular weight excluding hydrogens is 190 g/mol. The van der Waals surface area contributed by atoms with E-state index in [1.54, 1.807) is 24.5 Å². The summed E-state index contributed by atoms with van der Waals surface area (Å²) in [5.74, 6) is -0.0307. The van der Waals surface area contributed by atoms with Crippen LogP contribution in [0.15, 0.2) is 24.5 Å². The molecule has 1 aliphatic heterocycles. The van der Waals surface area contributed by atoms with Gasteiger partial charge in [-0.05, 0) is 31.5 Å². The maximum atomic E-state index is 11.7. The molecule has 0 radical (unpaired) electrons. The molecule has 1 aromatic rings. The lowest BCUT2D eigenvalue weighted by molar-refractivity contribution is 0.0930. The molecule has 1 atom stereocenters. The van der Waals surface area contributed by atoms with Crippen molar-refractivity contribution in [1.29, 1.82) is 0 Å². The van der Waals surface area contributed by atoms with E-state index in [0.717, 1.165) is 25.9 Å². The highest BCUT2D eigenvalue weighted by molar-refractivity contribution is 5.94. The van der Waals surface area contributed by atoms with Gasteiger partial charge >= 0.3 is 0 Å². The Morgan fingerprint density at radius 3 is 3.20 bits per heavy atom. The smallest absolute Gasteiger partial charge is 0.253 e. The predicted molar refractivity (Wildman–Crippen MR) is 57.6 cm³/mol. The van der Waals surface area contributed by atoms with Gasteiger partial charge in [-0.3, -0.25) is 9.78 Å². The van der Waals surface area contributed by atoms with E-state index in [-0.39, 0.29) is 11.9 Å². The molecule has 2 N–H and O–H groups in total. The molecule has 1 aliphatic rings. The van der Waals surface area contributed by atoms with Crippen molar-refractivity contribution < 1.29 is 4.79 Å². The fourth-order valence-electron chi connectivity index (χ4n) is 1.74. The van der Waals surface area contributed by atoms with Crippen molar-refractivity contribution in [3.05, 3.63) is 30.1 Å². The molecule has 80 valence electrons. The summed E-state index contributed by atoms with van der Waals surface area (Å²) in [5.41, 5.74) is 0.628. The summed E-state index contributed by atoms with van der Waals surface area (Å²) >= 11 is 0. The summed E-state index contributed by atoms with van der Waals surface area (Å²) < 4.78 is 0. The normalized spacial score (nSPS) is 20.9. The number of hydrogen-bond donors (Lipinski definition) is 2. The van der Waals surface area contributed by atoms with Crippen LogP contribution in [0.25, 0.3) is 0 Å². The number of carbonyl (C=O) groups excluding carboxylic acids is 1. The van der Waals surface area contributed by atoms with E-state index in [4.69, 9.17) is 0 Å². The van der Waals surface area contributed by atoms with Gasteiger partial charge in [-0.2, -0.15) is 0 Å². The molecule has 0 saturated carbocycles. The van der Waals surface area contributed by atoms with Gasteiger partial charge in [0.2, 0.25) is 0 Å². The van der Waals surface area contributed by atoms with E-state index in [1.165, 1.54) is 0 Å². The van der Waals surface area contributed by atoms with E-state index in [1.807, 2.05) is 0 Å². The van der Waals surface area contributed by atoms with Crippen molar-refractivity contribution in [2.24, 2.45) is 0 Å². The second-order valence-electron chi connectivity index (χ2n) is 3.76. The van der Waals surface area contributed by atoms with Crippen molar-refractivity contribution in [2.75, 3.05) is 13.1 Å². The number of hydrogen-bond acceptors (Lipinski definition) is 3. The Morgan fingerprint density at radius 2 is 2.53 bits per heavy atom. The molecule has 1 aromatic heterocycles. The van der Waals surface area contributed by atoms with Gasteiger partial charge in [-0.1, -0.05) is 0 Å². The first-order chi connectivity index (χ1) is 7.36. The zero-order valence-corrected chi connectivity index (χ0v) is 8.57. The second-order valence-corrected chi connectivity index (χ2v) is 3.76. The SMILES string of the molecule is O=C(N[C@@H]1CCCNC1)c1cccnc1. The predicted octanol–water partition coefficient (Wildman–Crippen LogP) is 0.563. The number of carbonyl (C=O) groups is 1. The van der Waals surface area contributed by atoms with Gasteiger partial charge in [0.05, 0.1) is 5.56 Å². The van der Waals surface area contributed by atoms with Crippen LogP contribution in [0.5, 0.6) is 0 Å². The van der Waals surface area contributed by atoms with Gasteiger partial charge in [-0.25, -0.2) is 0 Å². The van der Waals surface area contributed by atoms with Crippen LogP contribution >= 0.6 is 0 Å². The minimum Gasteiger partial charge on any atom is -0.348 e. The summed E-state index contributed by atoms with van der Waals surface area (Å²) in [5, 5.41) is 6.26. The fraction of sp³-hybridized carbons (Fsp3) is 0.455. The Morgan fingerprint density at radius 1 is 1.60 bits per heavy atom. The van der Waals surface area contributed by atoms with Gasteiger partial charge in [0, 0.05) is 25.0 Å². The molecular formula is C11H15N3O. The third kappa shape index (κ3) is 2.76. The van der Waals surface area contributed by atoms with Crippen LogP contribution in [0.1, 0.15) is 23.2 Å². The Labute approximate surface area is 89.1 Å². The molecule has 2 rings (SSSR count). The molecule has 0 spiro atoms. The van der Waals surface area contributed by atoms with Crippen molar-refractivity contribution in [2.45, 2.75) is 18.9 Å². The van der Waals surface area contributed by atoms with Crippen LogP contribution in [0.3, 0.4) is 0 Å². The number of pyridine rings is 1. The first kappa shape index (κ1) is 10.1. The molecule has 2 heterocycles. The Hall–Kier alpha value is -1.42. The lowest BCUT2D eigenvalue weighted by atomic mass is 10.1. The second kappa shape index (κ2) is 4.89. The van der Waals surface area contributed by atoms with E-state index in [0.29, 0.717) is 5.56 Å². The number of amides is 1. The zero-order chi connectivity index (χ0) is 10.5. The number of nitrogens with one attached hydrogen (secondary N) is 2. The molecule has 1 saturated heterocycles. The number of piperidine rings is 1. The highest BCUT2D eigenvalue weighted by Crippen LogP contribution is 2.03. The van der Waals surface area contributed by atoms with Gasteiger partial charge in [0.1, 0.15) is 0 Å².